The van der Waals surface area contributed by atoms with Crippen LogP contribution in [0.1, 0.15) is 21.5 Å². The molecule has 0 spiro atoms. The van der Waals surface area contributed by atoms with Gasteiger partial charge in [-0.05, 0) is 53.9 Å². The molecule has 32 heavy (non-hydrogen) atoms. The van der Waals surface area contributed by atoms with Gasteiger partial charge in [-0.3, -0.25) is 9.59 Å². The highest BCUT2D eigenvalue weighted by atomic mass is 32.2. The van der Waals surface area contributed by atoms with Crippen molar-refractivity contribution in [2.75, 3.05) is 17.6 Å². The van der Waals surface area contributed by atoms with E-state index in [-0.39, 0.29) is 17.5 Å². The summed E-state index contributed by atoms with van der Waals surface area (Å²) in [5.41, 5.74) is 2.32. The van der Waals surface area contributed by atoms with Crippen molar-refractivity contribution in [3.63, 3.8) is 0 Å². The van der Waals surface area contributed by atoms with Crippen molar-refractivity contribution in [2.45, 2.75) is 12.2 Å². The second-order valence-corrected chi connectivity index (χ2v) is 9.34. The Morgan fingerprint density at radius 1 is 0.812 bits per heavy atom. The monoisotopic (exact) mass is 454 g/mol. The molecule has 0 atom stereocenters. The molecule has 8 heteroatoms. The number of nitrogens with one attached hydrogen (secondary N) is 2. The van der Waals surface area contributed by atoms with Gasteiger partial charge in [-0.1, -0.05) is 42.5 Å². The van der Waals surface area contributed by atoms with Crippen molar-refractivity contribution in [1.29, 1.82) is 0 Å². The first kappa shape index (κ1) is 23.1. The summed E-state index contributed by atoms with van der Waals surface area (Å²) in [5.74, 6) is -2.14. The fraction of sp³-hybridized carbons (Fsp3) is 0.167. The van der Waals surface area contributed by atoms with E-state index in [0.29, 0.717) is 29.8 Å². The molecular formula is C24H23FN2O4S. The van der Waals surface area contributed by atoms with Crippen LogP contribution in [0, 0.1) is 5.82 Å². The first-order valence-corrected chi connectivity index (χ1v) is 11.8. The summed E-state index contributed by atoms with van der Waals surface area (Å²) in [4.78, 5) is 24.3. The van der Waals surface area contributed by atoms with Crippen LogP contribution in [0.4, 0.5) is 10.1 Å². The van der Waals surface area contributed by atoms with Crippen LogP contribution in [-0.4, -0.2) is 32.5 Å². The summed E-state index contributed by atoms with van der Waals surface area (Å²) < 4.78 is 37.6. The molecule has 3 rings (SSSR count). The minimum Gasteiger partial charge on any atom is -0.352 e. The normalized spacial score (nSPS) is 11.0. The average molecular weight is 455 g/mol. The molecule has 0 fully saturated rings. The Balaban J connectivity index is 1.48. The Bertz CT molecular complexity index is 1160. The Morgan fingerprint density at radius 3 is 2.09 bits per heavy atom. The molecule has 2 amide bonds. The van der Waals surface area contributed by atoms with Crippen molar-refractivity contribution in [2.24, 2.45) is 0 Å². The molecule has 0 saturated carbocycles. The van der Waals surface area contributed by atoms with Crippen LogP contribution in [0.3, 0.4) is 0 Å². The predicted molar refractivity (Wildman–Crippen MR) is 121 cm³/mol. The molecule has 0 aliphatic rings. The Hall–Kier alpha value is -3.52. The molecule has 0 aliphatic carbocycles. The summed E-state index contributed by atoms with van der Waals surface area (Å²) in [7, 11) is -3.67. The van der Waals surface area contributed by atoms with Crippen LogP contribution < -0.4 is 10.6 Å². The third kappa shape index (κ3) is 7.31. The lowest BCUT2D eigenvalue weighted by atomic mass is 10.1. The van der Waals surface area contributed by atoms with E-state index in [1.54, 1.807) is 66.7 Å². The highest BCUT2D eigenvalue weighted by molar-refractivity contribution is 7.91. The number of carbonyl (C=O) groups is 2. The van der Waals surface area contributed by atoms with E-state index in [2.05, 4.69) is 10.6 Å². The van der Waals surface area contributed by atoms with Crippen molar-refractivity contribution in [1.82, 2.24) is 5.32 Å². The summed E-state index contributed by atoms with van der Waals surface area (Å²) in [6.07, 6.45) is 0.563. The number of sulfone groups is 1. The van der Waals surface area contributed by atoms with Gasteiger partial charge in [-0.25, -0.2) is 12.8 Å². The van der Waals surface area contributed by atoms with Gasteiger partial charge in [0.1, 0.15) is 11.6 Å². The van der Waals surface area contributed by atoms with Gasteiger partial charge < -0.3 is 10.6 Å². The van der Waals surface area contributed by atoms with E-state index in [1.807, 2.05) is 0 Å². The summed E-state index contributed by atoms with van der Waals surface area (Å²) in [6.45, 7) is 0.386. The number of anilines is 1. The summed E-state index contributed by atoms with van der Waals surface area (Å²) in [5, 5.41) is 5.33. The van der Waals surface area contributed by atoms with Crippen molar-refractivity contribution < 1.29 is 22.4 Å². The van der Waals surface area contributed by atoms with Crippen molar-refractivity contribution >= 4 is 27.3 Å². The third-order valence-corrected chi connectivity index (χ3v) is 6.10. The Kier molecular flexibility index (Phi) is 7.72. The van der Waals surface area contributed by atoms with E-state index in [4.69, 9.17) is 0 Å². The van der Waals surface area contributed by atoms with E-state index < -0.39 is 21.5 Å². The first-order chi connectivity index (χ1) is 15.3. The van der Waals surface area contributed by atoms with E-state index in [1.165, 1.54) is 12.1 Å². The van der Waals surface area contributed by atoms with Gasteiger partial charge in [-0.2, -0.15) is 0 Å². The maximum Gasteiger partial charge on any atom is 0.251 e. The number of amides is 2. The average Bonchev–Trinajstić information content (AvgIpc) is 2.75. The number of rotatable bonds is 9. The maximum absolute atomic E-state index is 12.9. The van der Waals surface area contributed by atoms with E-state index in [0.717, 1.165) is 5.56 Å². The molecule has 0 unspecified atom stereocenters. The minimum absolute atomic E-state index is 0.288. The molecule has 0 heterocycles. The molecule has 0 bridgehead atoms. The van der Waals surface area contributed by atoms with Gasteiger partial charge in [0.25, 0.3) is 5.91 Å². The van der Waals surface area contributed by atoms with Crippen LogP contribution in [-0.2, 0) is 26.8 Å². The van der Waals surface area contributed by atoms with Gasteiger partial charge in [0.2, 0.25) is 5.91 Å². The zero-order chi connectivity index (χ0) is 23.0. The predicted octanol–water partition coefficient (Wildman–Crippen LogP) is 3.35. The number of hydrogen-bond donors (Lipinski definition) is 2. The number of carbonyl (C=O) groups excluding carboxylic acids is 2. The molecule has 3 aromatic carbocycles. The van der Waals surface area contributed by atoms with Crippen LogP contribution in [0.15, 0.2) is 78.9 Å². The largest absolute Gasteiger partial charge is 0.352 e. The molecule has 0 aliphatic heterocycles. The molecule has 6 nitrogen and oxygen atoms in total. The molecule has 2 N–H and O–H groups in total. The lowest BCUT2D eigenvalue weighted by Crippen LogP contribution is -2.25. The highest BCUT2D eigenvalue weighted by Gasteiger charge is 2.18. The Morgan fingerprint density at radius 2 is 1.44 bits per heavy atom. The molecule has 3 aromatic rings. The number of halogens is 1. The fourth-order valence-corrected chi connectivity index (χ4v) is 4.32. The minimum atomic E-state index is -3.67. The van der Waals surface area contributed by atoms with E-state index in [9.17, 15) is 22.4 Å². The van der Waals surface area contributed by atoms with Gasteiger partial charge >= 0.3 is 0 Å². The molecule has 0 aromatic heterocycles. The van der Waals surface area contributed by atoms with Gasteiger partial charge in [0.15, 0.2) is 9.84 Å². The SMILES string of the molecule is O=C(CS(=O)(=O)Cc1ccc(C(=O)NCCc2ccc(F)cc2)cc1)Nc1ccccc1. The number of para-hydroxylation sites is 1. The summed E-state index contributed by atoms with van der Waals surface area (Å²) >= 11 is 0. The van der Waals surface area contributed by atoms with Gasteiger partial charge in [0.05, 0.1) is 5.75 Å². The molecule has 0 saturated heterocycles. The topological polar surface area (TPSA) is 92.3 Å². The smallest absolute Gasteiger partial charge is 0.251 e. The lowest BCUT2D eigenvalue weighted by molar-refractivity contribution is -0.113. The quantitative estimate of drug-likeness (QED) is 0.519. The third-order valence-electron chi connectivity index (χ3n) is 4.62. The van der Waals surface area contributed by atoms with Crippen LogP contribution >= 0.6 is 0 Å². The fourth-order valence-electron chi connectivity index (χ4n) is 3.05. The standard InChI is InChI=1S/C24H23FN2O4S/c25-21-12-8-18(9-13-21)14-15-26-24(29)20-10-6-19(7-11-20)16-32(30,31)17-23(28)27-22-4-2-1-3-5-22/h1-13H,14-17H2,(H,26,29)(H,27,28). The second-order valence-electron chi connectivity index (χ2n) is 7.28. The lowest BCUT2D eigenvalue weighted by Gasteiger charge is -2.08. The van der Waals surface area contributed by atoms with Gasteiger partial charge in [0, 0.05) is 17.8 Å². The summed E-state index contributed by atoms with van der Waals surface area (Å²) in [6, 6.07) is 20.9. The Labute approximate surface area is 186 Å². The second kappa shape index (κ2) is 10.7. The highest BCUT2D eigenvalue weighted by Crippen LogP contribution is 2.11. The molecule has 0 radical (unpaired) electrons. The van der Waals surface area contributed by atoms with Crippen LogP contribution in [0.2, 0.25) is 0 Å². The maximum atomic E-state index is 12.9. The zero-order valence-corrected chi connectivity index (χ0v) is 18.1. The van der Waals surface area contributed by atoms with Crippen molar-refractivity contribution in [3.05, 3.63) is 101 Å². The number of hydrogen-bond acceptors (Lipinski definition) is 4. The van der Waals surface area contributed by atoms with Crippen LogP contribution in [0.25, 0.3) is 0 Å². The number of benzene rings is 3. The molecular weight excluding hydrogens is 431 g/mol. The zero-order valence-electron chi connectivity index (χ0n) is 17.3. The van der Waals surface area contributed by atoms with Crippen LogP contribution in [0.5, 0.6) is 0 Å². The molecule has 166 valence electrons. The van der Waals surface area contributed by atoms with E-state index >= 15 is 0 Å². The van der Waals surface area contributed by atoms with Crippen molar-refractivity contribution in [3.8, 4) is 0 Å². The van der Waals surface area contributed by atoms with Gasteiger partial charge in [-0.15, -0.1) is 0 Å². The first-order valence-electron chi connectivity index (χ1n) is 9.98.